The first-order valence-corrected chi connectivity index (χ1v) is 12.6. The number of hydrogen-bond acceptors (Lipinski definition) is 3. The normalized spacial score (nSPS) is 15.3. The largest absolute Gasteiger partial charge is 0.361 e. The number of nitrogens with zero attached hydrogens (tertiary/aromatic N) is 1. The van der Waals surface area contributed by atoms with Crippen LogP contribution < -0.4 is 5.48 Å². The van der Waals surface area contributed by atoms with E-state index in [2.05, 4.69) is 84.3 Å². The Bertz CT molecular complexity index is 1430. The van der Waals surface area contributed by atoms with Crippen molar-refractivity contribution < 1.29 is 10.0 Å². The third-order valence-corrected chi connectivity index (χ3v) is 7.40. The highest BCUT2D eigenvalue weighted by atomic mass is 16.5. The lowest BCUT2D eigenvalue weighted by Gasteiger charge is -2.30. The number of aromatic amines is 2. The van der Waals surface area contributed by atoms with Crippen LogP contribution in [-0.4, -0.2) is 32.5 Å². The summed E-state index contributed by atoms with van der Waals surface area (Å²) in [6, 6.07) is 15.6. The van der Waals surface area contributed by atoms with Crippen molar-refractivity contribution in [1.29, 1.82) is 0 Å². The van der Waals surface area contributed by atoms with Gasteiger partial charge in [0.05, 0.1) is 0 Å². The average Bonchev–Trinajstić information content (AvgIpc) is 3.56. The van der Waals surface area contributed by atoms with E-state index in [4.69, 9.17) is 5.21 Å². The second-order valence-corrected chi connectivity index (χ2v) is 10.0. The highest BCUT2D eigenvalue weighted by Crippen LogP contribution is 2.38. The number of fused-ring (bicyclic) bond motifs is 2. The zero-order valence-corrected chi connectivity index (χ0v) is 21.2. The standard InChI is InChI=1S/C30H34N4O2/c1-19-4-8-25-24(17-31-27(25)14-19)12-13-34(18-28-20(2)15-21(3)32-28)29-10-7-23-16-22(5-9-26(23)29)6-11-30(35)33-36/h4-6,8-9,11,14-17,29,31-32,36H,7,10,12-13,18H2,1-3H3,(H,33,35). The molecule has 0 bridgehead atoms. The van der Waals surface area contributed by atoms with Crippen molar-refractivity contribution in [2.45, 2.75) is 52.6 Å². The van der Waals surface area contributed by atoms with E-state index in [1.54, 1.807) is 11.6 Å². The number of aromatic nitrogens is 2. The van der Waals surface area contributed by atoms with Crippen molar-refractivity contribution >= 4 is 22.9 Å². The molecule has 4 aromatic rings. The molecule has 1 aliphatic rings. The molecule has 0 spiro atoms. The maximum atomic E-state index is 11.4. The van der Waals surface area contributed by atoms with Crippen LogP contribution in [0.2, 0.25) is 0 Å². The van der Waals surface area contributed by atoms with Gasteiger partial charge in [-0.1, -0.05) is 30.3 Å². The number of amides is 1. The molecular weight excluding hydrogens is 448 g/mol. The molecule has 1 atom stereocenters. The number of carbonyl (C=O) groups excluding carboxylic acids is 1. The Hall–Kier alpha value is -3.61. The SMILES string of the molecule is Cc1ccc2c(CCN(Cc3[nH]c(C)cc3C)C3CCc4cc(C=CC(=O)NO)ccc43)c[nH]c2c1. The Morgan fingerprint density at radius 1 is 1.17 bits per heavy atom. The molecule has 1 amide bonds. The van der Waals surface area contributed by atoms with Crippen molar-refractivity contribution in [3.05, 3.63) is 99.5 Å². The monoisotopic (exact) mass is 482 g/mol. The first kappa shape index (κ1) is 24.1. The molecule has 6 nitrogen and oxygen atoms in total. The number of hydrogen-bond donors (Lipinski definition) is 4. The van der Waals surface area contributed by atoms with Gasteiger partial charge in [-0.3, -0.25) is 14.9 Å². The van der Waals surface area contributed by atoms with E-state index in [1.807, 2.05) is 0 Å². The number of hydroxylamine groups is 1. The maximum absolute atomic E-state index is 11.4. The fourth-order valence-electron chi connectivity index (χ4n) is 5.58. The van der Waals surface area contributed by atoms with Gasteiger partial charge in [0.2, 0.25) is 0 Å². The molecule has 0 saturated carbocycles. The van der Waals surface area contributed by atoms with Crippen LogP contribution in [0.1, 0.15) is 57.2 Å². The number of rotatable bonds is 8. The second-order valence-electron chi connectivity index (χ2n) is 10.0. The van der Waals surface area contributed by atoms with Crippen LogP contribution in [0.15, 0.2) is 54.7 Å². The van der Waals surface area contributed by atoms with E-state index in [9.17, 15) is 4.79 Å². The van der Waals surface area contributed by atoms with Crippen LogP contribution in [0.25, 0.3) is 17.0 Å². The average molecular weight is 483 g/mol. The Morgan fingerprint density at radius 3 is 2.81 bits per heavy atom. The van der Waals surface area contributed by atoms with Crippen molar-refractivity contribution in [3.63, 3.8) is 0 Å². The predicted octanol–water partition coefficient (Wildman–Crippen LogP) is 5.67. The van der Waals surface area contributed by atoms with Gasteiger partial charge in [0, 0.05) is 53.7 Å². The summed E-state index contributed by atoms with van der Waals surface area (Å²) in [5.41, 5.74) is 12.9. The summed E-state index contributed by atoms with van der Waals surface area (Å²) in [6.45, 7) is 8.27. The van der Waals surface area contributed by atoms with Gasteiger partial charge in [-0.25, -0.2) is 5.48 Å². The summed E-state index contributed by atoms with van der Waals surface area (Å²) in [6.07, 6.45) is 8.31. The van der Waals surface area contributed by atoms with Crippen molar-refractivity contribution in [2.75, 3.05) is 6.54 Å². The van der Waals surface area contributed by atoms with Crippen LogP contribution >= 0.6 is 0 Å². The van der Waals surface area contributed by atoms with Crippen molar-refractivity contribution in [2.24, 2.45) is 0 Å². The lowest BCUT2D eigenvalue weighted by Crippen LogP contribution is -2.29. The Morgan fingerprint density at radius 2 is 2.03 bits per heavy atom. The Kier molecular flexibility index (Phi) is 6.81. The van der Waals surface area contributed by atoms with Crippen LogP contribution in [0.5, 0.6) is 0 Å². The lowest BCUT2D eigenvalue weighted by atomic mass is 10.0. The van der Waals surface area contributed by atoms with Gasteiger partial charge in [0.1, 0.15) is 0 Å². The summed E-state index contributed by atoms with van der Waals surface area (Å²) in [4.78, 5) is 21.0. The van der Waals surface area contributed by atoms with Crippen LogP contribution in [0.4, 0.5) is 0 Å². The maximum Gasteiger partial charge on any atom is 0.267 e. The van der Waals surface area contributed by atoms with E-state index in [-0.39, 0.29) is 0 Å². The van der Waals surface area contributed by atoms with Gasteiger partial charge in [-0.05, 0) is 91.6 Å². The summed E-state index contributed by atoms with van der Waals surface area (Å²) < 4.78 is 0. The van der Waals surface area contributed by atoms with Crippen LogP contribution in [0, 0.1) is 20.8 Å². The molecule has 1 unspecified atom stereocenters. The zero-order chi connectivity index (χ0) is 25.2. The first-order chi connectivity index (χ1) is 17.4. The van der Waals surface area contributed by atoms with Gasteiger partial charge in [-0.15, -0.1) is 0 Å². The molecule has 2 heterocycles. The Balaban J connectivity index is 1.40. The van der Waals surface area contributed by atoms with E-state index in [0.29, 0.717) is 6.04 Å². The molecule has 0 fully saturated rings. The lowest BCUT2D eigenvalue weighted by molar-refractivity contribution is -0.124. The zero-order valence-electron chi connectivity index (χ0n) is 21.2. The van der Waals surface area contributed by atoms with Crippen molar-refractivity contribution in [3.8, 4) is 0 Å². The number of benzene rings is 2. The topological polar surface area (TPSA) is 84.2 Å². The van der Waals surface area contributed by atoms with E-state index < -0.39 is 5.91 Å². The van der Waals surface area contributed by atoms with E-state index >= 15 is 0 Å². The smallest absolute Gasteiger partial charge is 0.267 e. The summed E-state index contributed by atoms with van der Waals surface area (Å²) >= 11 is 0. The number of aryl methyl sites for hydroxylation is 4. The van der Waals surface area contributed by atoms with Gasteiger partial charge in [0.15, 0.2) is 0 Å². The second kappa shape index (κ2) is 10.2. The summed E-state index contributed by atoms with van der Waals surface area (Å²) in [7, 11) is 0. The highest BCUT2D eigenvalue weighted by Gasteiger charge is 2.28. The van der Waals surface area contributed by atoms with Crippen LogP contribution in [-0.2, 0) is 24.2 Å². The summed E-state index contributed by atoms with van der Waals surface area (Å²) in [5, 5.41) is 10.0. The van der Waals surface area contributed by atoms with Gasteiger partial charge in [-0.2, -0.15) is 0 Å². The molecule has 2 aromatic heterocycles. The predicted molar refractivity (Wildman–Crippen MR) is 144 cm³/mol. The molecule has 0 saturated heterocycles. The quantitative estimate of drug-likeness (QED) is 0.148. The van der Waals surface area contributed by atoms with Crippen molar-refractivity contribution in [1.82, 2.24) is 20.3 Å². The molecule has 0 radical (unpaired) electrons. The molecule has 186 valence electrons. The van der Waals surface area contributed by atoms with Gasteiger partial charge >= 0.3 is 0 Å². The first-order valence-electron chi connectivity index (χ1n) is 12.6. The van der Waals surface area contributed by atoms with E-state index in [1.165, 1.54) is 56.2 Å². The number of H-pyrrole nitrogens is 2. The fourth-order valence-corrected chi connectivity index (χ4v) is 5.58. The number of carbonyl (C=O) groups is 1. The molecular formula is C30H34N4O2. The third-order valence-electron chi connectivity index (χ3n) is 7.40. The molecule has 5 rings (SSSR count). The highest BCUT2D eigenvalue weighted by molar-refractivity contribution is 5.90. The fraction of sp³-hybridized carbons (Fsp3) is 0.300. The third kappa shape index (κ3) is 5.01. The molecule has 1 aliphatic carbocycles. The molecule has 2 aromatic carbocycles. The Labute approximate surface area is 212 Å². The minimum Gasteiger partial charge on any atom is -0.361 e. The summed E-state index contributed by atoms with van der Waals surface area (Å²) in [5.74, 6) is -0.524. The molecule has 0 aliphatic heterocycles. The minimum absolute atomic E-state index is 0.342. The molecule has 36 heavy (non-hydrogen) atoms. The van der Waals surface area contributed by atoms with Gasteiger partial charge in [0.25, 0.3) is 5.91 Å². The molecule has 6 heteroatoms. The van der Waals surface area contributed by atoms with Crippen LogP contribution in [0.3, 0.4) is 0 Å². The minimum atomic E-state index is -0.524. The molecule has 4 N–H and O–H groups in total. The number of nitrogens with one attached hydrogen (secondary N) is 3. The van der Waals surface area contributed by atoms with E-state index in [0.717, 1.165) is 37.9 Å². The van der Waals surface area contributed by atoms with Gasteiger partial charge < -0.3 is 9.97 Å².